The van der Waals surface area contributed by atoms with Crippen LogP contribution in [0.5, 0.6) is 0 Å². The van der Waals surface area contributed by atoms with Gasteiger partial charge in [0.25, 0.3) is 0 Å². The fourth-order valence-corrected chi connectivity index (χ4v) is 4.42. The standard InChI is InChI=1S/C20H22BrN5O5/c1-12-16(23-31-22-12)10-24-4-6-25(7-5-24)19(20(29)30)15-9-26(11-18(27)28)17-3-2-13(21)8-14(15)17/h2-3,8-9,19H,4-7,10-11H2,1H3,(H,27,28)(H,29,30). The number of aromatic nitrogens is 3. The van der Waals surface area contributed by atoms with E-state index < -0.39 is 18.0 Å². The van der Waals surface area contributed by atoms with Crippen molar-refractivity contribution in [3.8, 4) is 0 Å². The summed E-state index contributed by atoms with van der Waals surface area (Å²) < 4.78 is 7.15. The minimum absolute atomic E-state index is 0.233. The van der Waals surface area contributed by atoms with Crippen molar-refractivity contribution in [2.45, 2.75) is 26.1 Å². The number of aliphatic carboxylic acids is 2. The molecule has 0 bridgehead atoms. The highest BCUT2D eigenvalue weighted by Crippen LogP contribution is 2.33. The third-order valence-corrected chi connectivity index (χ3v) is 6.09. The molecule has 2 aromatic heterocycles. The van der Waals surface area contributed by atoms with Gasteiger partial charge in [0.1, 0.15) is 24.0 Å². The van der Waals surface area contributed by atoms with Gasteiger partial charge in [0.15, 0.2) is 0 Å². The van der Waals surface area contributed by atoms with Gasteiger partial charge in [0, 0.05) is 59.9 Å². The van der Waals surface area contributed by atoms with Crippen LogP contribution in [0.1, 0.15) is 23.0 Å². The minimum Gasteiger partial charge on any atom is -0.480 e. The molecule has 0 amide bonds. The van der Waals surface area contributed by atoms with Gasteiger partial charge in [-0.2, -0.15) is 0 Å². The molecule has 1 unspecified atom stereocenters. The highest BCUT2D eigenvalue weighted by molar-refractivity contribution is 9.10. The van der Waals surface area contributed by atoms with Crippen LogP contribution in [0.25, 0.3) is 10.9 Å². The Kier molecular flexibility index (Phi) is 6.08. The first kappa shape index (κ1) is 21.5. The Labute approximate surface area is 186 Å². The zero-order valence-corrected chi connectivity index (χ0v) is 18.4. The second-order valence-electron chi connectivity index (χ2n) is 7.62. The lowest BCUT2D eigenvalue weighted by atomic mass is 10.0. The second kappa shape index (κ2) is 8.77. The van der Waals surface area contributed by atoms with E-state index in [2.05, 4.69) is 31.1 Å². The van der Waals surface area contributed by atoms with E-state index in [-0.39, 0.29) is 6.54 Å². The first-order valence-corrected chi connectivity index (χ1v) is 10.6. The molecular weight excluding hydrogens is 470 g/mol. The molecule has 31 heavy (non-hydrogen) atoms. The lowest BCUT2D eigenvalue weighted by Gasteiger charge is -2.37. The topological polar surface area (TPSA) is 125 Å². The maximum absolute atomic E-state index is 12.3. The average molecular weight is 492 g/mol. The highest BCUT2D eigenvalue weighted by Gasteiger charge is 2.33. The van der Waals surface area contributed by atoms with E-state index in [0.29, 0.717) is 43.8 Å². The van der Waals surface area contributed by atoms with Crippen molar-refractivity contribution in [2.24, 2.45) is 0 Å². The molecule has 10 nitrogen and oxygen atoms in total. The van der Waals surface area contributed by atoms with Crippen molar-refractivity contribution >= 4 is 38.8 Å². The second-order valence-corrected chi connectivity index (χ2v) is 8.53. The summed E-state index contributed by atoms with van der Waals surface area (Å²) in [6.07, 6.45) is 1.65. The third kappa shape index (κ3) is 4.48. The fourth-order valence-electron chi connectivity index (χ4n) is 4.06. The molecule has 4 rings (SSSR count). The summed E-state index contributed by atoms with van der Waals surface area (Å²) in [5, 5.41) is 27.8. The zero-order valence-electron chi connectivity index (χ0n) is 16.9. The number of fused-ring (bicyclic) bond motifs is 1. The van der Waals surface area contributed by atoms with E-state index in [1.54, 1.807) is 16.8 Å². The molecule has 0 spiro atoms. The van der Waals surface area contributed by atoms with Crippen LogP contribution in [0.2, 0.25) is 0 Å². The predicted octanol–water partition coefficient (Wildman–Crippen LogP) is 2.12. The van der Waals surface area contributed by atoms with Gasteiger partial charge >= 0.3 is 11.9 Å². The zero-order chi connectivity index (χ0) is 22.1. The van der Waals surface area contributed by atoms with Crippen molar-refractivity contribution < 1.29 is 24.4 Å². The molecule has 3 heterocycles. The van der Waals surface area contributed by atoms with Crippen LogP contribution < -0.4 is 0 Å². The van der Waals surface area contributed by atoms with Crippen LogP contribution in [-0.4, -0.2) is 73.0 Å². The molecule has 1 aliphatic rings. The molecule has 1 aliphatic heterocycles. The summed E-state index contributed by atoms with van der Waals surface area (Å²) in [6.45, 7) is 4.67. The summed E-state index contributed by atoms with van der Waals surface area (Å²) in [6, 6.07) is 4.59. The smallest absolute Gasteiger partial charge is 0.325 e. The summed E-state index contributed by atoms with van der Waals surface area (Å²) in [5.41, 5.74) is 2.82. The maximum atomic E-state index is 12.3. The summed E-state index contributed by atoms with van der Waals surface area (Å²) in [7, 11) is 0. The van der Waals surface area contributed by atoms with Gasteiger partial charge in [0.05, 0.1) is 0 Å². The van der Waals surface area contributed by atoms with Crippen LogP contribution in [0, 0.1) is 6.92 Å². The van der Waals surface area contributed by atoms with Gasteiger partial charge in [0.2, 0.25) is 0 Å². The van der Waals surface area contributed by atoms with Gasteiger partial charge in [-0.3, -0.25) is 19.4 Å². The number of rotatable bonds is 7. The molecule has 164 valence electrons. The summed E-state index contributed by atoms with van der Waals surface area (Å²) in [5.74, 6) is -1.94. The first-order chi connectivity index (χ1) is 14.8. The third-order valence-electron chi connectivity index (χ3n) is 5.60. The number of aryl methyl sites for hydroxylation is 1. The van der Waals surface area contributed by atoms with E-state index in [1.165, 1.54) is 0 Å². The van der Waals surface area contributed by atoms with Crippen molar-refractivity contribution in [3.05, 3.63) is 45.8 Å². The van der Waals surface area contributed by atoms with E-state index in [1.807, 2.05) is 24.0 Å². The van der Waals surface area contributed by atoms with Gasteiger partial charge < -0.3 is 14.8 Å². The van der Waals surface area contributed by atoms with Crippen molar-refractivity contribution in [2.75, 3.05) is 26.2 Å². The van der Waals surface area contributed by atoms with Crippen molar-refractivity contribution in [3.63, 3.8) is 0 Å². The number of carboxylic acid groups (broad SMARTS) is 2. The van der Waals surface area contributed by atoms with Crippen LogP contribution in [0.3, 0.4) is 0 Å². The van der Waals surface area contributed by atoms with Crippen molar-refractivity contribution in [1.82, 2.24) is 24.7 Å². The van der Waals surface area contributed by atoms with Gasteiger partial charge in [-0.25, -0.2) is 4.63 Å². The minimum atomic E-state index is -0.982. The number of benzene rings is 1. The lowest BCUT2D eigenvalue weighted by molar-refractivity contribution is -0.144. The van der Waals surface area contributed by atoms with Crippen molar-refractivity contribution in [1.29, 1.82) is 0 Å². The molecule has 11 heteroatoms. The predicted molar refractivity (Wildman–Crippen MR) is 114 cm³/mol. The number of halogens is 1. The first-order valence-electron chi connectivity index (χ1n) is 9.81. The van der Waals surface area contributed by atoms with E-state index in [0.717, 1.165) is 21.2 Å². The van der Waals surface area contributed by atoms with Gasteiger partial charge in [-0.05, 0) is 25.1 Å². The molecule has 0 radical (unpaired) electrons. The lowest BCUT2D eigenvalue weighted by Crippen LogP contribution is -2.48. The molecule has 1 fully saturated rings. The Morgan fingerprint density at radius 1 is 1.19 bits per heavy atom. The molecule has 1 aromatic carbocycles. The average Bonchev–Trinajstić information content (AvgIpc) is 3.26. The van der Waals surface area contributed by atoms with Crippen LogP contribution >= 0.6 is 15.9 Å². The fraction of sp³-hybridized carbons (Fsp3) is 0.400. The molecule has 0 saturated carbocycles. The molecule has 1 saturated heterocycles. The Morgan fingerprint density at radius 3 is 2.55 bits per heavy atom. The molecular formula is C20H22BrN5O5. The summed E-state index contributed by atoms with van der Waals surface area (Å²) >= 11 is 3.44. The monoisotopic (exact) mass is 491 g/mol. The largest absolute Gasteiger partial charge is 0.480 e. The van der Waals surface area contributed by atoms with Crippen LogP contribution in [0.4, 0.5) is 0 Å². The Hall–Kier alpha value is -2.76. The summed E-state index contributed by atoms with van der Waals surface area (Å²) in [4.78, 5) is 27.7. The van der Waals surface area contributed by atoms with E-state index in [9.17, 15) is 19.8 Å². The maximum Gasteiger partial charge on any atom is 0.325 e. The Balaban J connectivity index is 1.59. The molecule has 2 N–H and O–H groups in total. The number of carboxylic acids is 2. The molecule has 0 aliphatic carbocycles. The number of hydrogen-bond acceptors (Lipinski definition) is 7. The van der Waals surface area contributed by atoms with Crippen LogP contribution in [-0.2, 0) is 22.7 Å². The Morgan fingerprint density at radius 2 is 1.94 bits per heavy atom. The van der Waals surface area contributed by atoms with Gasteiger partial charge in [-0.1, -0.05) is 26.2 Å². The highest BCUT2D eigenvalue weighted by atomic mass is 79.9. The number of nitrogens with zero attached hydrogens (tertiary/aromatic N) is 5. The SMILES string of the molecule is Cc1nonc1CN1CCN(C(C(=O)O)c2cn(CC(=O)O)c3ccc(Br)cc23)CC1. The van der Waals surface area contributed by atoms with E-state index in [4.69, 9.17) is 4.63 Å². The number of hydrogen-bond donors (Lipinski definition) is 2. The molecule has 1 atom stereocenters. The Bertz CT molecular complexity index is 1120. The van der Waals surface area contributed by atoms with Gasteiger partial charge in [-0.15, -0.1) is 0 Å². The molecule has 3 aromatic rings. The quantitative estimate of drug-likeness (QED) is 0.510. The van der Waals surface area contributed by atoms with Crippen LogP contribution in [0.15, 0.2) is 33.5 Å². The van der Waals surface area contributed by atoms with E-state index >= 15 is 0 Å². The number of carbonyl (C=O) groups is 2. The number of piperazine rings is 1. The normalized spacial score (nSPS) is 16.6.